The molecule has 0 atom stereocenters. The summed E-state index contributed by atoms with van der Waals surface area (Å²) in [5, 5.41) is 5.10. The minimum atomic E-state index is -0.413. The zero-order chi connectivity index (χ0) is 18.0. The number of carbonyl (C=O) groups excluding carboxylic acids is 2. The van der Waals surface area contributed by atoms with Crippen LogP contribution in [0.5, 0.6) is 0 Å². The molecule has 1 heterocycles. The van der Waals surface area contributed by atoms with E-state index in [1.54, 1.807) is 37.3 Å². The highest BCUT2D eigenvalue weighted by atomic mass is 16.2. The van der Waals surface area contributed by atoms with E-state index in [9.17, 15) is 9.59 Å². The van der Waals surface area contributed by atoms with Gasteiger partial charge in [-0.3, -0.25) is 9.59 Å². The standard InChI is InChI=1S/C21H20N2O2/c1-14(2)17-11-9-16(10-12-17)13-19-15(3)22-23(21(19)25)20(24)18-7-5-4-6-8-18/h4-14H,1-3H3/b19-13+. The van der Waals surface area contributed by atoms with Gasteiger partial charge in [-0.1, -0.05) is 56.3 Å². The van der Waals surface area contributed by atoms with Gasteiger partial charge in [-0.15, -0.1) is 0 Å². The smallest absolute Gasteiger partial charge is 0.267 e. The van der Waals surface area contributed by atoms with Gasteiger partial charge < -0.3 is 0 Å². The largest absolute Gasteiger partial charge is 0.283 e. The molecule has 0 saturated carbocycles. The third-order valence-electron chi connectivity index (χ3n) is 4.19. The summed E-state index contributed by atoms with van der Waals surface area (Å²) in [5.74, 6) is -0.347. The molecule has 1 aliphatic heterocycles. The van der Waals surface area contributed by atoms with Gasteiger partial charge in [0, 0.05) is 5.56 Å². The van der Waals surface area contributed by atoms with Crippen molar-refractivity contribution in [1.29, 1.82) is 0 Å². The molecule has 0 N–H and O–H groups in total. The number of carbonyl (C=O) groups is 2. The maximum absolute atomic E-state index is 12.6. The molecule has 0 spiro atoms. The van der Waals surface area contributed by atoms with Crippen molar-refractivity contribution < 1.29 is 9.59 Å². The summed E-state index contributed by atoms with van der Waals surface area (Å²) >= 11 is 0. The average Bonchev–Trinajstić information content (AvgIpc) is 2.90. The average molecular weight is 332 g/mol. The van der Waals surface area contributed by atoms with Gasteiger partial charge >= 0.3 is 0 Å². The number of nitrogens with zero attached hydrogens (tertiary/aromatic N) is 2. The number of imide groups is 1. The first-order valence-electron chi connectivity index (χ1n) is 8.28. The molecule has 2 aromatic carbocycles. The van der Waals surface area contributed by atoms with Gasteiger partial charge in [0.15, 0.2) is 0 Å². The number of amides is 2. The van der Waals surface area contributed by atoms with Gasteiger partial charge in [-0.25, -0.2) is 0 Å². The summed E-state index contributed by atoms with van der Waals surface area (Å²) in [5.41, 5.74) is 3.58. The summed E-state index contributed by atoms with van der Waals surface area (Å²) < 4.78 is 0. The van der Waals surface area contributed by atoms with Crippen LogP contribution in [0.25, 0.3) is 6.08 Å². The lowest BCUT2D eigenvalue weighted by molar-refractivity contribution is -0.123. The van der Waals surface area contributed by atoms with Crippen LogP contribution in [0, 0.1) is 0 Å². The fraction of sp³-hybridized carbons (Fsp3) is 0.190. The third-order valence-corrected chi connectivity index (χ3v) is 4.19. The second-order valence-corrected chi connectivity index (χ2v) is 6.35. The molecule has 0 saturated heterocycles. The highest BCUT2D eigenvalue weighted by Gasteiger charge is 2.32. The Bertz CT molecular complexity index is 863. The second kappa shape index (κ2) is 6.85. The van der Waals surface area contributed by atoms with Crippen LogP contribution in [0.3, 0.4) is 0 Å². The van der Waals surface area contributed by atoms with E-state index in [0.717, 1.165) is 10.6 Å². The first kappa shape index (κ1) is 16.8. The maximum atomic E-state index is 12.6. The minimum absolute atomic E-state index is 0.390. The van der Waals surface area contributed by atoms with E-state index in [0.29, 0.717) is 22.8 Å². The highest BCUT2D eigenvalue weighted by Crippen LogP contribution is 2.22. The Morgan fingerprint density at radius 3 is 2.28 bits per heavy atom. The maximum Gasteiger partial charge on any atom is 0.283 e. The van der Waals surface area contributed by atoms with E-state index >= 15 is 0 Å². The SMILES string of the molecule is CC1=NN(C(=O)c2ccccc2)C(=O)/C1=C/c1ccc(C(C)C)cc1. The predicted octanol–water partition coefficient (Wildman–Crippen LogP) is 4.25. The van der Waals surface area contributed by atoms with Crippen molar-refractivity contribution in [3.63, 3.8) is 0 Å². The fourth-order valence-corrected chi connectivity index (χ4v) is 2.67. The third kappa shape index (κ3) is 3.43. The Labute approximate surface area is 147 Å². The lowest BCUT2D eigenvalue weighted by Gasteiger charge is -2.09. The fourth-order valence-electron chi connectivity index (χ4n) is 2.67. The summed E-state index contributed by atoms with van der Waals surface area (Å²) in [4.78, 5) is 25.1. The molecule has 4 heteroatoms. The molecule has 4 nitrogen and oxygen atoms in total. The van der Waals surface area contributed by atoms with E-state index in [-0.39, 0.29) is 5.91 Å². The first-order valence-corrected chi connectivity index (χ1v) is 8.28. The molecule has 0 aliphatic carbocycles. The molecule has 0 fully saturated rings. The number of rotatable bonds is 3. The zero-order valence-electron chi connectivity index (χ0n) is 14.6. The minimum Gasteiger partial charge on any atom is -0.267 e. The molecule has 0 bridgehead atoms. The molecule has 25 heavy (non-hydrogen) atoms. The zero-order valence-corrected chi connectivity index (χ0v) is 14.6. The van der Waals surface area contributed by atoms with Crippen LogP contribution >= 0.6 is 0 Å². The van der Waals surface area contributed by atoms with Crippen molar-refractivity contribution in [1.82, 2.24) is 5.01 Å². The van der Waals surface area contributed by atoms with Crippen molar-refractivity contribution >= 4 is 23.6 Å². The van der Waals surface area contributed by atoms with Gasteiger partial charge in [-0.05, 0) is 42.2 Å². The number of hydrogen-bond donors (Lipinski definition) is 0. The summed E-state index contributed by atoms with van der Waals surface area (Å²) in [6, 6.07) is 16.7. The Morgan fingerprint density at radius 2 is 1.68 bits per heavy atom. The van der Waals surface area contributed by atoms with E-state index in [2.05, 4.69) is 31.1 Å². The Kier molecular flexibility index (Phi) is 4.61. The number of hydrogen-bond acceptors (Lipinski definition) is 3. The van der Waals surface area contributed by atoms with Gasteiger partial charge in [0.1, 0.15) is 0 Å². The lowest BCUT2D eigenvalue weighted by Crippen LogP contribution is -2.29. The van der Waals surface area contributed by atoms with Crippen LogP contribution in [0.1, 0.15) is 48.2 Å². The molecule has 0 aromatic heterocycles. The second-order valence-electron chi connectivity index (χ2n) is 6.35. The van der Waals surface area contributed by atoms with Crippen LogP contribution < -0.4 is 0 Å². The molecule has 0 radical (unpaired) electrons. The first-order chi connectivity index (χ1) is 12.0. The van der Waals surface area contributed by atoms with Gasteiger partial charge in [0.2, 0.25) is 0 Å². The highest BCUT2D eigenvalue weighted by molar-refractivity contribution is 6.30. The molecule has 2 amide bonds. The van der Waals surface area contributed by atoms with Gasteiger partial charge in [-0.2, -0.15) is 10.1 Å². The van der Waals surface area contributed by atoms with E-state index in [1.807, 2.05) is 18.2 Å². The van der Waals surface area contributed by atoms with Crippen LogP contribution in [0.4, 0.5) is 0 Å². The van der Waals surface area contributed by atoms with Crippen molar-refractivity contribution in [2.24, 2.45) is 5.10 Å². The van der Waals surface area contributed by atoms with E-state index in [1.165, 1.54) is 5.56 Å². The molecule has 126 valence electrons. The predicted molar refractivity (Wildman–Crippen MR) is 99.2 cm³/mol. The Balaban J connectivity index is 1.86. The number of benzene rings is 2. The topological polar surface area (TPSA) is 49.7 Å². The van der Waals surface area contributed by atoms with E-state index < -0.39 is 5.91 Å². The summed E-state index contributed by atoms with van der Waals surface area (Å²) in [6.07, 6.45) is 1.78. The van der Waals surface area contributed by atoms with Crippen LogP contribution in [0.15, 0.2) is 65.3 Å². The van der Waals surface area contributed by atoms with Gasteiger partial charge in [0.05, 0.1) is 11.3 Å². The van der Waals surface area contributed by atoms with Crippen molar-refractivity contribution in [2.75, 3.05) is 0 Å². The lowest BCUT2D eigenvalue weighted by atomic mass is 10.0. The van der Waals surface area contributed by atoms with Crippen molar-refractivity contribution in [3.05, 3.63) is 76.9 Å². The Morgan fingerprint density at radius 1 is 1.04 bits per heavy atom. The molecular weight excluding hydrogens is 312 g/mol. The molecule has 2 aromatic rings. The molecule has 1 aliphatic rings. The van der Waals surface area contributed by atoms with Crippen LogP contribution in [-0.2, 0) is 4.79 Å². The quantitative estimate of drug-likeness (QED) is 0.623. The van der Waals surface area contributed by atoms with E-state index in [4.69, 9.17) is 0 Å². The van der Waals surface area contributed by atoms with Gasteiger partial charge in [0.25, 0.3) is 11.8 Å². The van der Waals surface area contributed by atoms with Crippen molar-refractivity contribution in [3.8, 4) is 0 Å². The number of hydrazone groups is 1. The Hall–Kier alpha value is -3.01. The molecule has 0 unspecified atom stereocenters. The van der Waals surface area contributed by atoms with Crippen LogP contribution in [0.2, 0.25) is 0 Å². The summed E-state index contributed by atoms with van der Waals surface area (Å²) in [7, 11) is 0. The van der Waals surface area contributed by atoms with Crippen LogP contribution in [-0.4, -0.2) is 22.5 Å². The molecular formula is C21H20N2O2. The molecule has 3 rings (SSSR count). The summed E-state index contributed by atoms with van der Waals surface area (Å²) in [6.45, 7) is 6.01. The van der Waals surface area contributed by atoms with Crippen molar-refractivity contribution in [2.45, 2.75) is 26.7 Å². The monoisotopic (exact) mass is 332 g/mol. The normalized spacial score (nSPS) is 15.8.